The van der Waals surface area contributed by atoms with E-state index in [1.165, 1.54) is 13.0 Å². The molecule has 2 heterocycles. The molecule has 0 saturated carbocycles. The Morgan fingerprint density at radius 2 is 1.96 bits per heavy atom. The molecule has 27 heavy (non-hydrogen) atoms. The molecule has 1 aromatic carbocycles. The van der Waals surface area contributed by atoms with E-state index in [9.17, 15) is 18.4 Å². The monoisotopic (exact) mass is 383 g/mol. The number of nitrogens with zero attached hydrogens (tertiary/aromatic N) is 2. The van der Waals surface area contributed by atoms with E-state index in [0.29, 0.717) is 25.1 Å². The summed E-state index contributed by atoms with van der Waals surface area (Å²) in [7, 11) is 1.57. The van der Waals surface area contributed by atoms with E-state index in [1.807, 2.05) is 0 Å². The number of carbonyl (C=O) groups excluding carboxylic acids is 2. The maximum Gasteiger partial charge on any atom is 0.290 e. The van der Waals surface area contributed by atoms with Gasteiger partial charge in [0, 0.05) is 39.6 Å². The van der Waals surface area contributed by atoms with E-state index < -0.39 is 17.7 Å². The molecular formula is C18H23F2N3O4. The van der Waals surface area contributed by atoms with E-state index in [0.717, 1.165) is 12.6 Å². The van der Waals surface area contributed by atoms with Crippen molar-refractivity contribution in [3.63, 3.8) is 0 Å². The van der Waals surface area contributed by atoms with Crippen molar-refractivity contribution in [2.24, 2.45) is 5.92 Å². The molecule has 9 heteroatoms. The van der Waals surface area contributed by atoms with Crippen molar-refractivity contribution in [3.05, 3.63) is 35.4 Å². The van der Waals surface area contributed by atoms with Crippen LogP contribution in [0.4, 0.5) is 8.78 Å². The molecule has 2 aliphatic heterocycles. The third kappa shape index (κ3) is 4.60. The van der Waals surface area contributed by atoms with Gasteiger partial charge in [0.1, 0.15) is 6.04 Å². The molecule has 0 unspecified atom stereocenters. The lowest BCUT2D eigenvalue weighted by Gasteiger charge is -2.28. The molecule has 0 aromatic heterocycles. The minimum Gasteiger partial charge on any atom is -0.483 e. The number of likely N-dealkylation sites (tertiary alicyclic amines) is 2. The van der Waals surface area contributed by atoms with Gasteiger partial charge in [-0.2, -0.15) is 0 Å². The highest BCUT2D eigenvalue weighted by Crippen LogP contribution is 2.36. The first-order valence-electron chi connectivity index (χ1n) is 8.57. The average Bonchev–Trinajstić information content (AvgIpc) is 3.15. The van der Waals surface area contributed by atoms with E-state index in [4.69, 9.17) is 9.90 Å². The van der Waals surface area contributed by atoms with Gasteiger partial charge >= 0.3 is 0 Å². The Morgan fingerprint density at radius 1 is 1.30 bits per heavy atom. The Balaban J connectivity index is 0.000000817. The molecule has 2 aliphatic rings. The number of carbonyl (C=O) groups is 3. The molecule has 0 radical (unpaired) electrons. The topological polar surface area (TPSA) is 90.0 Å². The predicted molar refractivity (Wildman–Crippen MR) is 92.6 cm³/mol. The van der Waals surface area contributed by atoms with Gasteiger partial charge in [-0.05, 0) is 30.0 Å². The van der Waals surface area contributed by atoms with Gasteiger partial charge in [-0.3, -0.25) is 19.3 Å². The molecule has 1 aromatic rings. The maximum atomic E-state index is 13.3. The third-order valence-electron chi connectivity index (χ3n) is 5.00. The fraction of sp³-hybridized carbons (Fsp3) is 0.500. The molecule has 0 aliphatic carbocycles. The lowest BCUT2D eigenvalue weighted by atomic mass is 10.0. The van der Waals surface area contributed by atoms with Gasteiger partial charge in [-0.1, -0.05) is 6.07 Å². The number of benzene rings is 1. The number of rotatable bonds is 3. The SMILES string of the molecule is CNC(=O)[C@@H]1C[C@H]2CN(Cc3ccc(F)c(F)c3)C[C@H]2N1C(C)=O.O=CO. The van der Waals surface area contributed by atoms with Gasteiger partial charge < -0.3 is 15.3 Å². The summed E-state index contributed by atoms with van der Waals surface area (Å²) in [6.45, 7) is 3.11. The molecule has 2 saturated heterocycles. The number of amides is 2. The minimum atomic E-state index is -0.854. The van der Waals surface area contributed by atoms with Gasteiger partial charge in [-0.25, -0.2) is 8.78 Å². The zero-order valence-corrected chi connectivity index (χ0v) is 15.2. The van der Waals surface area contributed by atoms with Crippen LogP contribution in [0, 0.1) is 17.6 Å². The van der Waals surface area contributed by atoms with Crippen molar-refractivity contribution in [2.45, 2.75) is 32.0 Å². The summed E-state index contributed by atoms with van der Waals surface area (Å²) in [5, 5.41) is 9.51. The van der Waals surface area contributed by atoms with E-state index in [2.05, 4.69) is 10.2 Å². The first kappa shape index (κ1) is 20.8. The summed E-state index contributed by atoms with van der Waals surface area (Å²) >= 11 is 0. The predicted octanol–water partition coefficient (Wildman–Crippen LogP) is 0.833. The van der Waals surface area contributed by atoms with E-state index >= 15 is 0 Å². The normalized spacial score (nSPS) is 24.0. The molecular weight excluding hydrogens is 360 g/mol. The van der Waals surface area contributed by atoms with E-state index in [1.54, 1.807) is 18.0 Å². The number of halogens is 2. The van der Waals surface area contributed by atoms with Gasteiger partial charge in [0.15, 0.2) is 11.6 Å². The molecule has 0 bridgehead atoms. The van der Waals surface area contributed by atoms with E-state index in [-0.39, 0.29) is 30.2 Å². The Hall–Kier alpha value is -2.55. The van der Waals surface area contributed by atoms with Crippen molar-refractivity contribution < 1.29 is 28.3 Å². The average molecular weight is 383 g/mol. The zero-order valence-electron chi connectivity index (χ0n) is 15.2. The Bertz CT molecular complexity index is 716. The maximum absolute atomic E-state index is 13.3. The fourth-order valence-corrected chi connectivity index (χ4v) is 4.00. The highest BCUT2D eigenvalue weighted by atomic mass is 19.2. The summed E-state index contributed by atoms with van der Waals surface area (Å²) in [6.07, 6.45) is 0.637. The first-order valence-corrected chi connectivity index (χ1v) is 8.57. The fourth-order valence-electron chi connectivity index (χ4n) is 4.00. The Morgan fingerprint density at radius 3 is 2.52 bits per heavy atom. The molecule has 3 atom stereocenters. The first-order chi connectivity index (χ1) is 12.8. The number of hydrogen-bond donors (Lipinski definition) is 2. The molecule has 0 spiro atoms. The summed E-state index contributed by atoms with van der Waals surface area (Å²) in [6, 6.07) is 3.50. The number of hydrogen-bond acceptors (Lipinski definition) is 4. The molecule has 2 fully saturated rings. The minimum absolute atomic E-state index is 0.00454. The van der Waals surface area contributed by atoms with Gasteiger partial charge in [0.2, 0.25) is 11.8 Å². The highest BCUT2D eigenvalue weighted by molar-refractivity contribution is 5.87. The molecule has 2 N–H and O–H groups in total. The van der Waals surface area contributed by atoms with Crippen molar-refractivity contribution in [1.29, 1.82) is 0 Å². The van der Waals surface area contributed by atoms with Crippen LogP contribution in [0.3, 0.4) is 0 Å². The second kappa shape index (κ2) is 8.90. The summed E-state index contributed by atoms with van der Waals surface area (Å²) in [4.78, 5) is 36.2. The number of likely N-dealkylation sites (N-methyl/N-ethyl adjacent to an activating group) is 1. The quantitative estimate of drug-likeness (QED) is 0.755. The Kier molecular flexibility index (Phi) is 6.84. The summed E-state index contributed by atoms with van der Waals surface area (Å²) in [5.74, 6) is -1.72. The standard InChI is InChI=1S/C17H21F2N3O2.CH2O2/c1-10(23)22-15(17(24)20-2)6-12-8-21(9-16(12)22)7-11-3-4-13(18)14(19)5-11;2-1-3/h3-5,12,15-16H,6-9H2,1-2H3,(H,20,24);1H,(H,2,3)/t12-,15-,16+;/m0./s1. The number of nitrogens with one attached hydrogen (secondary N) is 1. The summed E-state index contributed by atoms with van der Waals surface area (Å²) in [5.41, 5.74) is 0.700. The van der Waals surface area contributed by atoms with Crippen LogP contribution >= 0.6 is 0 Å². The molecule has 2 amide bonds. The van der Waals surface area contributed by atoms with Crippen LogP contribution in [0.5, 0.6) is 0 Å². The van der Waals surface area contributed by atoms with Crippen LogP contribution in [0.2, 0.25) is 0 Å². The number of fused-ring (bicyclic) bond motifs is 1. The smallest absolute Gasteiger partial charge is 0.290 e. The van der Waals surface area contributed by atoms with Gasteiger partial charge in [0.05, 0.1) is 0 Å². The third-order valence-corrected chi connectivity index (χ3v) is 5.00. The lowest BCUT2D eigenvalue weighted by Crippen LogP contribution is -2.49. The summed E-state index contributed by atoms with van der Waals surface area (Å²) < 4.78 is 26.4. The second-order valence-electron chi connectivity index (χ2n) is 6.67. The van der Waals surface area contributed by atoms with Crippen LogP contribution in [0.25, 0.3) is 0 Å². The molecule has 7 nitrogen and oxygen atoms in total. The second-order valence-corrected chi connectivity index (χ2v) is 6.67. The van der Waals surface area contributed by atoms with Crippen molar-refractivity contribution >= 4 is 18.3 Å². The van der Waals surface area contributed by atoms with Gasteiger partial charge in [-0.15, -0.1) is 0 Å². The largest absolute Gasteiger partial charge is 0.483 e. The van der Waals surface area contributed by atoms with Crippen molar-refractivity contribution in [2.75, 3.05) is 20.1 Å². The zero-order chi connectivity index (χ0) is 20.1. The number of carboxylic acid groups (broad SMARTS) is 1. The van der Waals surface area contributed by atoms with Crippen LogP contribution in [-0.4, -0.2) is 65.4 Å². The van der Waals surface area contributed by atoms with Crippen molar-refractivity contribution in [3.8, 4) is 0 Å². The highest BCUT2D eigenvalue weighted by Gasteiger charge is 2.49. The van der Waals surface area contributed by atoms with Crippen LogP contribution in [0.1, 0.15) is 18.9 Å². The van der Waals surface area contributed by atoms with Crippen LogP contribution in [-0.2, 0) is 20.9 Å². The molecule has 148 valence electrons. The van der Waals surface area contributed by atoms with Crippen LogP contribution in [0.15, 0.2) is 18.2 Å². The van der Waals surface area contributed by atoms with Gasteiger partial charge in [0.25, 0.3) is 6.47 Å². The Labute approximate surface area is 155 Å². The van der Waals surface area contributed by atoms with Crippen molar-refractivity contribution in [1.82, 2.24) is 15.1 Å². The molecule has 3 rings (SSSR count). The lowest BCUT2D eigenvalue weighted by molar-refractivity contribution is -0.138. The van der Waals surface area contributed by atoms with Crippen LogP contribution < -0.4 is 5.32 Å².